The second kappa shape index (κ2) is 7.46. The Hall–Kier alpha value is -3.40. The van der Waals surface area contributed by atoms with Crippen molar-refractivity contribution in [3.63, 3.8) is 0 Å². The summed E-state index contributed by atoms with van der Waals surface area (Å²) < 4.78 is 1.76. The van der Waals surface area contributed by atoms with E-state index in [0.29, 0.717) is 6.42 Å². The Bertz CT molecular complexity index is 1060. The van der Waals surface area contributed by atoms with Crippen LogP contribution in [0.2, 0.25) is 0 Å². The Morgan fingerprint density at radius 3 is 2.56 bits per heavy atom. The third-order valence-electron chi connectivity index (χ3n) is 4.75. The molecule has 1 heterocycles. The molecule has 4 aromatic rings. The van der Waals surface area contributed by atoms with Crippen LogP contribution in [-0.2, 0) is 4.79 Å². The predicted molar refractivity (Wildman–Crippen MR) is 110 cm³/mol. The number of aromatic nitrogens is 2. The van der Waals surface area contributed by atoms with Crippen molar-refractivity contribution in [3.8, 4) is 11.1 Å². The first kappa shape index (κ1) is 17.0. The number of fused-ring (bicyclic) bond motifs is 1. The molecule has 0 aliphatic carbocycles. The largest absolute Gasteiger partial charge is 0.324 e. The average Bonchev–Trinajstić information content (AvgIpc) is 3.18. The summed E-state index contributed by atoms with van der Waals surface area (Å²) in [6, 6.07) is 23.7. The Morgan fingerprint density at radius 1 is 1.00 bits per heavy atom. The molecule has 1 amide bonds. The number of carbonyl (C=O) groups is 1. The summed E-state index contributed by atoms with van der Waals surface area (Å²) in [6.07, 6.45) is 4.45. The molecule has 1 unspecified atom stereocenters. The van der Waals surface area contributed by atoms with E-state index in [-0.39, 0.29) is 11.9 Å². The van der Waals surface area contributed by atoms with E-state index < -0.39 is 0 Å². The van der Waals surface area contributed by atoms with Gasteiger partial charge >= 0.3 is 0 Å². The fourth-order valence-corrected chi connectivity index (χ4v) is 3.36. The Labute approximate surface area is 158 Å². The van der Waals surface area contributed by atoms with Crippen molar-refractivity contribution in [3.05, 3.63) is 85.2 Å². The second-order valence-electron chi connectivity index (χ2n) is 6.52. The van der Waals surface area contributed by atoms with Gasteiger partial charge in [-0.15, -0.1) is 0 Å². The summed E-state index contributed by atoms with van der Waals surface area (Å²) in [5.74, 6) is -0.0590. The maximum atomic E-state index is 12.7. The van der Waals surface area contributed by atoms with Crippen LogP contribution < -0.4 is 5.32 Å². The van der Waals surface area contributed by atoms with Gasteiger partial charge in [0.15, 0.2) is 0 Å². The summed E-state index contributed by atoms with van der Waals surface area (Å²) in [4.78, 5) is 12.7. The summed E-state index contributed by atoms with van der Waals surface area (Å²) >= 11 is 0. The fraction of sp³-hybridized carbons (Fsp3) is 0.130. The predicted octanol–water partition coefficient (Wildman–Crippen LogP) is 5.29. The number of carbonyl (C=O) groups excluding carboxylic acids is 1. The lowest BCUT2D eigenvalue weighted by Crippen LogP contribution is -2.25. The number of benzene rings is 3. The summed E-state index contributed by atoms with van der Waals surface area (Å²) in [6.45, 7) is 1.99. The van der Waals surface area contributed by atoms with Gasteiger partial charge in [0, 0.05) is 17.4 Å². The highest BCUT2D eigenvalue weighted by molar-refractivity contribution is 5.97. The van der Waals surface area contributed by atoms with Crippen LogP contribution >= 0.6 is 0 Å². The van der Waals surface area contributed by atoms with E-state index in [1.54, 1.807) is 4.68 Å². The van der Waals surface area contributed by atoms with Crippen LogP contribution in [0.5, 0.6) is 0 Å². The topological polar surface area (TPSA) is 46.9 Å². The normalized spacial score (nSPS) is 12.0. The molecular weight excluding hydrogens is 334 g/mol. The van der Waals surface area contributed by atoms with Crippen molar-refractivity contribution in [2.45, 2.75) is 19.4 Å². The highest BCUT2D eigenvalue weighted by atomic mass is 16.2. The maximum absolute atomic E-state index is 12.7. The van der Waals surface area contributed by atoms with E-state index in [4.69, 9.17) is 0 Å². The number of para-hydroxylation sites is 1. The van der Waals surface area contributed by atoms with E-state index in [2.05, 4.69) is 40.7 Å². The van der Waals surface area contributed by atoms with Crippen LogP contribution in [0, 0.1) is 0 Å². The monoisotopic (exact) mass is 355 g/mol. The molecule has 0 saturated carbocycles. The quantitative estimate of drug-likeness (QED) is 0.528. The Kier molecular flexibility index (Phi) is 4.71. The minimum absolute atomic E-state index is 0.0590. The number of anilines is 1. The molecule has 27 heavy (non-hydrogen) atoms. The lowest BCUT2D eigenvalue weighted by molar-refractivity contribution is -0.119. The van der Waals surface area contributed by atoms with Gasteiger partial charge in [0.25, 0.3) is 0 Å². The molecule has 0 bridgehead atoms. The van der Waals surface area contributed by atoms with Crippen molar-refractivity contribution in [1.29, 1.82) is 0 Å². The van der Waals surface area contributed by atoms with Crippen molar-refractivity contribution >= 4 is 22.4 Å². The molecule has 134 valence electrons. The zero-order valence-electron chi connectivity index (χ0n) is 15.2. The van der Waals surface area contributed by atoms with Gasteiger partial charge in [0.05, 0.1) is 6.20 Å². The highest BCUT2D eigenvalue weighted by Gasteiger charge is 2.20. The number of hydrogen-bond donors (Lipinski definition) is 1. The fourth-order valence-electron chi connectivity index (χ4n) is 3.36. The minimum atomic E-state index is -0.353. The first-order chi connectivity index (χ1) is 13.3. The number of rotatable bonds is 5. The maximum Gasteiger partial charge on any atom is 0.249 e. The second-order valence-corrected chi connectivity index (χ2v) is 6.52. The van der Waals surface area contributed by atoms with Gasteiger partial charge in [-0.3, -0.25) is 9.48 Å². The molecule has 4 rings (SSSR count). The van der Waals surface area contributed by atoms with E-state index in [9.17, 15) is 4.79 Å². The van der Waals surface area contributed by atoms with Crippen LogP contribution in [0.4, 0.5) is 5.69 Å². The molecule has 4 heteroatoms. The van der Waals surface area contributed by atoms with Gasteiger partial charge in [-0.05, 0) is 34.9 Å². The SMILES string of the molecule is CCC(C(=O)Nc1ccccc1)n1cc(-c2cccc3ccccc23)cn1. The standard InChI is InChI=1S/C23H21N3O/c1-2-22(23(27)25-19-11-4-3-5-12-19)26-16-18(15-24-26)21-14-8-10-17-9-6-7-13-20(17)21/h3-16,22H,2H2,1H3,(H,25,27). The lowest BCUT2D eigenvalue weighted by atomic mass is 10.0. The van der Waals surface area contributed by atoms with Crippen molar-refractivity contribution in [1.82, 2.24) is 9.78 Å². The Morgan fingerprint density at radius 2 is 1.74 bits per heavy atom. The van der Waals surface area contributed by atoms with E-state index in [0.717, 1.165) is 16.8 Å². The average molecular weight is 355 g/mol. The third-order valence-corrected chi connectivity index (χ3v) is 4.75. The zero-order valence-corrected chi connectivity index (χ0v) is 15.2. The van der Waals surface area contributed by atoms with Gasteiger partial charge in [-0.1, -0.05) is 67.6 Å². The summed E-state index contributed by atoms with van der Waals surface area (Å²) in [7, 11) is 0. The molecule has 0 aliphatic heterocycles. The van der Waals surface area contributed by atoms with Gasteiger partial charge in [0.1, 0.15) is 6.04 Å². The molecule has 0 aliphatic rings. The third kappa shape index (κ3) is 3.47. The van der Waals surface area contributed by atoms with Crippen molar-refractivity contribution in [2.75, 3.05) is 5.32 Å². The Balaban J connectivity index is 1.63. The molecule has 1 aromatic heterocycles. The molecule has 1 N–H and O–H groups in total. The van der Waals surface area contributed by atoms with Crippen molar-refractivity contribution < 1.29 is 4.79 Å². The van der Waals surface area contributed by atoms with Gasteiger partial charge in [-0.2, -0.15) is 5.10 Å². The smallest absolute Gasteiger partial charge is 0.249 e. The number of nitrogens with zero attached hydrogens (tertiary/aromatic N) is 2. The van der Waals surface area contributed by atoms with Crippen LogP contribution in [0.15, 0.2) is 85.2 Å². The molecule has 0 radical (unpaired) electrons. The molecule has 0 spiro atoms. The molecule has 0 saturated heterocycles. The van der Waals surface area contributed by atoms with E-state index >= 15 is 0 Å². The molecule has 3 aromatic carbocycles. The first-order valence-electron chi connectivity index (χ1n) is 9.14. The van der Waals surface area contributed by atoms with E-state index in [1.165, 1.54) is 10.8 Å². The zero-order chi connectivity index (χ0) is 18.6. The molecule has 4 nitrogen and oxygen atoms in total. The van der Waals surface area contributed by atoms with Crippen molar-refractivity contribution in [2.24, 2.45) is 0 Å². The molecule has 0 fully saturated rings. The first-order valence-corrected chi connectivity index (χ1v) is 9.14. The summed E-state index contributed by atoms with van der Waals surface area (Å²) in [5, 5.41) is 9.83. The van der Waals surface area contributed by atoms with Gasteiger partial charge < -0.3 is 5.32 Å². The number of nitrogens with one attached hydrogen (secondary N) is 1. The van der Waals surface area contributed by atoms with Crippen LogP contribution in [-0.4, -0.2) is 15.7 Å². The van der Waals surface area contributed by atoms with Crippen LogP contribution in [0.3, 0.4) is 0 Å². The lowest BCUT2D eigenvalue weighted by Gasteiger charge is -2.15. The van der Waals surface area contributed by atoms with Gasteiger partial charge in [0.2, 0.25) is 5.91 Å². The summed E-state index contributed by atoms with van der Waals surface area (Å²) in [5.41, 5.74) is 2.93. The minimum Gasteiger partial charge on any atom is -0.324 e. The van der Waals surface area contributed by atoms with Crippen LogP contribution in [0.1, 0.15) is 19.4 Å². The number of amides is 1. The highest BCUT2D eigenvalue weighted by Crippen LogP contribution is 2.29. The van der Waals surface area contributed by atoms with Gasteiger partial charge in [-0.25, -0.2) is 0 Å². The molecule has 1 atom stereocenters. The number of hydrogen-bond acceptors (Lipinski definition) is 2. The molecular formula is C23H21N3O. The van der Waals surface area contributed by atoms with Crippen LogP contribution in [0.25, 0.3) is 21.9 Å². The van der Waals surface area contributed by atoms with E-state index in [1.807, 2.05) is 61.8 Å².